The Bertz CT molecular complexity index is 1630. The molecule has 0 bridgehead atoms. The zero-order valence-electron chi connectivity index (χ0n) is 29.3. The Morgan fingerprint density at radius 2 is 0.511 bits per heavy atom. The van der Waals surface area contributed by atoms with Crippen molar-refractivity contribution in [3.8, 4) is 0 Å². The van der Waals surface area contributed by atoms with Crippen molar-refractivity contribution in [1.29, 1.82) is 0 Å². The number of hydrogen-bond donors (Lipinski definition) is 0. The molecule has 0 radical (unpaired) electrons. The van der Waals surface area contributed by atoms with Crippen molar-refractivity contribution in [3.05, 3.63) is 107 Å². The van der Waals surface area contributed by atoms with Crippen molar-refractivity contribution >= 4 is 43.1 Å². The number of fused-ring (bicyclic) bond motifs is 6. The minimum Gasteiger partial charge on any atom is -1.00 e. The first-order chi connectivity index (χ1) is 19.3. The Hall–Kier alpha value is -1.92. The van der Waals surface area contributed by atoms with Crippen LogP contribution < -0.4 is 24.8 Å². The van der Waals surface area contributed by atoms with Gasteiger partial charge in [-0.05, 0) is 21.7 Å². The van der Waals surface area contributed by atoms with Crippen molar-refractivity contribution in [2.24, 2.45) is 0 Å². The van der Waals surface area contributed by atoms with Crippen molar-refractivity contribution in [1.82, 2.24) is 0 Å². The minimum absolute atomic E-state index is 0. The van der Waals surface area contributed by atoms with E-state index in [0.29, 0.717) is 0 Å². The third-order valence-corrected chi connectivity index (χ3v) is 8.87. The Kier molecular flexibility index (Phi) is 11.9. The molecule has 6 aromatic carbocycles. The van der Waals surface area contributed by atoms with Gasteiger partial charge in [-0.3, -0.25) is 0 Å². The first kappa shape index (κ1) is 39.3. The van der Waals surface area contributed by atoms with Gasteiger partial charge >= 0.3 is 26.2 Å². The SMILES string of the molecule is CC(C)(C)c1ccc2c(c1)[cH-]c1cc(C(C)(C)C)ccc12.CC(C)(C)c1ccc2c(c1)[cH-]c1cc(C(C)(C)C)ccc12.[Cl-].[Cl-].[Zr+4]. The largest absolute Gasteiger partial charge is 4.00 e. The molecule has 0 N–H and O–H groups in total. The van der Waals surface area contributed by atoms with Crippen LogP contribution in [0.5, 0.6) is 0 Å². The fraction of sp³-hybridized carbons (Fsp3) is 0.381. The maximum Gasteiger partial charge on any atom is 4.00 e. The van der Waals surface area contributed by atoms with Crippen LogP contribution in [0.4, 0.5) is 0 Å². The first-order valence-corrected chi connectivity index (χ1v) is 15.6. The summed E-state index contributed by atoms with van der Waals surface area (Å²) < 4.78 is 0. The van der Waals surface area contributed by atoms with Gasteiger partial charge in [-0.1, -0.05) is 154 Å². The van der Waals surface area contributed by atoms with Gasteiger partial charge in [0.25, 0.3) is 0 Å². The second-order valence-corrected chi connectivity index (χ2v) is 16.5. The van der Waals surface area contributed by atoms with Crippen LogP contribution in [0.1, 0.15) is 105 Å². The van der Waals surface area contributed by atoms with Gasteiger partial charge in [0.15, 0.2) is 0 Å². The summed E-state index contributed by atoms with van der Waals surface area (Å²) in [6.45, 7) is 27.3. The summed E-state index contributed by atoms with van der Waals surface area (Å²) in [7, 11) is 0. The number of benzene rings is 4. The summed E-state index contributed by atoms with van der Waals surface area (Å²) in [5.41, 5.74) is 6.43. The Morgan fingerprint density at radius 3 is 0.667 bits per heavy atom. The van der Waals surface area contributed by atoms with Crippen LogP contribution in [-0.4, -0.2) is 0 Å². The smallest absolute Gasteiger partial charge is 1.00 e. The van der Waals surface area contributed by atoms with Crippen LogP contribution in [0.2, 0.25) is 0 Å². The molecule has 0 amide bonds. The Labute approximate surface area is 304 Å². The zero-order chi connectivity index (χ0) is 30.8. The van der Waals surface area contributed by atoms with Crippen LogP contribution in [0.25, 0.3) is 43.1 Å². The summed E-state index contributed by atoms with van der Waals surface area (Å²) >= 11 is 0. The molecule has 0 aromatic heterocycles. The van der Waals surface area contributed by atoms with Gasteiger partial charge in [-0.2, -0.15) is 0 Å². The summed E-state index contributed by atoms with van der Waals surface area (Å²) in [6.07, 6.45) is 0. The average Bonchev–Trinajstić information content (AvgIpc) is 3.43. The van der Waals surface area contributed by atoms with E-state index in [1.54, 1.807) is 0 Å². The van der Waals surface area contributed by atoms with Crippen molar-refractivity contribution in [3.63, 3.8) is 0 Å². The van der Waals surface area contributed by atoms with E-state index in [-0.39, 0.29) is 72.7 Å². The third-order valence-electron chi connectivity index (χ3n) is 8.87. The van der Waals surface area contributed by atoms with Gasteiger partial charge < -0.3 is 24.8 Å². The van der Waals surface area contributed by atoms with Crippen LogP contribution in [0.3, 0.4) is 0 Å². The van der Waals surface area contributed by atoms with Crippen molar-refractivity contribution in [2.45, 2.75) is 105 Å². The van der Waals surface area contributed by atoms with Crippen molar-refractivity contribution in [2.75, 3.05) is 0 Å². The molecule has 0 aliphatic heterocycles. The van der Waals surface area contributed by atoms with Crippen LogP contribution in [-0.2, 0) is 47.9 Å². The van der Waals surface area contributed by atoms with Crippen LogP contribution >= 0.6 is 0 Å². The molecule has 0 fully saturated rings. The Morgan fingerprint density at radius 1 is 0.333 bits per heavy atom. The molecule has 0 saturated carbocycles. The predicted molar refractivity (Wildman–Crippen MR) is 189 cm³/mol. The van der Waals surface area contributed by atoms with E-state index >= 15 is 0 Å². The topological polar surface area (TPSA) is 0 Å². The molecule has 0 heterocycles. The molecule has 0 atom stereocenters. The van der Waals surface area contributed by atoms with E-state index in [9.17, 15) is 0 Å². The molecule has 3 heteroatoms. The number of halogens is 2. The van der Waals surface area contributed by atoms with E-state index < -0.39 is 0 Å². The summed E-state index contributed by atoms with van der Waals surface area (Å²) in [4.78, 5) is 0. The molecule has 0 nitrogen and oxygen atoms in total. The quantitative estimate of drug-likeness (QED) is 0.155. The fourth-order valence-corrected chi connectivity index (χ4v) is 5.91. The van der Waals surface area contributed by atoms with E-state index in [1.165, 1.54) is 65.3 Å². The molecular formula is C42H50Cl2Zr. The van der Waals surface area contributed by atoms with Gasteiger partial charge in [-0.15, -0.1) is 79.5 Å². The molecule has 0 saturated heterocycles. The van der Waals surface area contributed by atoms with E-state index in [4.69, 9.17) is 0 Å². The molecule has 0 spiro atoms. The second kappa shape index (κ2) is 13.7. The van der Waals surface area contributed by atoms with Gasteiger partial charge in [0.2, 0.25) is 0 Å². The predicted octanol–water partition coefficient (Wildman–Crippen LogP) is 6.62. The van der Waals surface area contributed by atoms with E-state index in [2.05, 4.69) is 168 Å². The van der Waals surface area contributed by atoms with Gasteiger partial charge in [0.1, 0.15) is 0 Å². The van der Waals surface area contributed by atoms with Crippen LogP contribution in [0, 0.1) is 0 Å². The standard InChI is InChI=1S/2C21H25.2ClH.Zr/c2*1-20(2,3)16-7-9-18-14(12-16)11-15-13-17(21(4,5)6)8-10-19(15)18;;;/h2*7-13H,1-6H3;2*1H;/q2*-1;;;+4/p-2. The molecule has 0 unspecified atom stereocenters. The van der Waals surface area contributed by atoms with Gasteiger partial charge in [0.05, 0.1) is 0 Å². The minimum atomic E-state index is 0. The summed E-state index contributed by atoms with van der Waals surface area (Å²) in [5.74, 6) is 0. The molecule has 0 aliphatic carbocycles. The van der Waals surface area contributed by atoms with Crippen LogP contribution in [0.15, 0.2) is 84.9 Å². The van der Waals surface area contributed by atoms with Crippen molar-refractivity contribution < 1.29 is 51.0 Å². The van der Waals surface area contributed by atoms with Gasteiger partial charge in [-0.25, -0.2) is 0 Å². The van der Waals surface area contributed by atoms with Gasteiger partial charge in [0, 0.05) is 0 Å². The number of rotatable bonds is 0. The molecule has 6 aromatic rings. The molecule has 0 aliphatic rings. The summed E-state index contributed by atoms with van der Waals surface area (Å²) in [5, 5.41) is 11.0. The number of hydrogen-bond acceptors (Lipinski definition) is 0. The monoisotopic (exact) mass is 714 g/mol. The molecule has 6 rings (SSSR count). The normalized spacial score (nSPS) is 12.4. The summed E-state index contributed by atoms with van der Waals surface area (Å²) in [6, 6.07) is 32.4. The third kappa shape index (κ3) is 8.33. The zero-order valence-corrected chi connectivity index (χ0v) is 33.3. The fourth-order valence-electron chi connectivity index (χ4n) is 5.91. The maximum atomic E-state index is 2.35. The second-order valence-electron chi connectivity index (χ2n) is 16.5. The van der Waals surface area contributed by atoms with E-state index in [0.717, 1.165) is 0 Å². The molecule has 45 heavy (non-hydrogen) atoms. The first-order valence-electron chi connectivity index (χ1n) is 15.6. The Balaban J connectivity index is 0.000000294. The van der Waals surface area contributed by atoms with E-state index in [1.807, 2.05) is 0 Å². The molecule has 236 valence electrons. The molecular weight excluding hydrogens is 667 g/mol. The average molecular weight is 717 g/mol. The maximum absolute atomic E-state index is 2.35.